The van der Waals surface area contributed by atoms with Crippen LogP contribution in [-0.4, -0.2) is 36.4 Å². The smallest absolute Gasteiger partial charge is 0.256 e. The molecular formula is C14H15BrN4O2. The molecule has 0 saturated carbocycles. The van der Waals surface area contributed by atoms with Crippen LogP contribution in [0.1, 0.15) is 10.4 Å². The van der Waals surface area contributed by atoms with E-state index < -0.39 is 0 Å². The Morgan fingerprint density at radius 3 is 2.43 bits per heavy atom. The summed E-state index contributed by atoms with van der Waals surface area (Å²) in [5.41, 5.74) is 0.558. The number of carbonyl (C=O) groups excluding carboxylic acids is 1. The van der Waals surface area contributed by atoms with Crippen molar-refractivity contribution in [2.24, 2.45) is 0 Å². The monoisotopic (exact) mass is 350 g/mol. The highest BCUT2D eigenvalue weighted by molar-refractivity contribution is 9.10. The van der Waals surface area contributed by atoms with Gasteiger partial charge in [-0.1, -0.05) is 15.9 Å². The SMILES string of the molecule is COCCNc1ccc(NC(=O)c2ccc(Br)cc2)nn1. The van der Waals surface area contributed by atoms with E-state index in [0.29, 0.717) is 30.4 Å². The number of rotatable bonds is 6. The number of aromatic nitrogens is 2. The van der Waals surface area contributed by atoms with Crippen molar-refractivity contribution in [2.75, 3.05) is 30.9 Å². The topological polar surface area (TPSA) is 76.1 Å². The zero-order valence-electron chi connectivity index (χ0n) is 11.5. The van der Waals surface area contributed by atoms with Gasteiger partial charge in [-0.2, -0.15) is 0 Å². The van der Waals surface area contributed by atoms with E-state index in [1.54, 1.807) is 31.4 Å². The number of amides is 1. The first-order valence-electron chi connectivity index (χ1n) is 6.32. The maximum atomic E-state index is 12.0. The maximum Gasteiger partial charge on any atom is 0.256 e. The third-order valence-corrected chi connectivity index (χ3v) is 3.15. The van der Waals surface area contributed by atoms with Crippen LogP contribution >= 0.6 is 15.9 Å². The van der Waals surface area contributed by atoms with Crippen LogP contribution in [0, 0.1) is 0 Å². The highest BCUT2D eigenvalue weighted by atomic mass is 79.9. The second kappa shape index (κ2) is 7.70. The lowest BCUT2D eigenvalue weighted by Crippen LogP contribution is -2.14. The molecule has 0 atom stereocenters. The van der Waals surface area contributed by atoms with Gasteiger partial charge in [0.05, 0.1) is 6.61 Å². The molecule has 1 amide bonds. The fourth-order valence-electron chi connectivity index (χ4n) is 1.56. The molecule has 0 saturated heterocycles. The van der Waals surface area contributed by atoms with Crippen LogP contribution in [0.3, 0.4) is 0 Å². The van der Waals surface area contributed by atoms with Gasteiger partial charge in [-0.3, -0.25) is 4.79 Å². The van der Waals surface area contributed by atoms with Crippen LogP contribution in [0.25, 0.3) is 0 Å². The van der Waals surface area contributed by atoms with E-state index >= 15 is 0 Å². The van der Waals surface area contributed by atoms with Gasteiger partial charge in [0.15, 0.2) is 5.82 Å². The molecule has 0 fully saturated rings. The van der Waals surface area contributed by atoms with Crippen molar-refractivity contribution in [2.45, 2.75) is 0 Å². The Balaban J connectivity index is 1.93. The molecule has 0 aliphatic heterocycles. The molecule has 2 aromatic rings. The fourth-order valence-corrected chi connectivity index (χ4v) is 1.83. The van der Waals surface area contributed by atoms with E-state index in [1.165, 1.54) is 0 Å². The minimum Gasteiger partial charge on any atom is -0.383 e. The number of hydrogen-bond donors (Lipinski definition) is 2. The summed E-state index contributed by atoms with van der Waals surface area (Å²) in [4.78, 5) is 12.0. The number of halogens is 1. The molecule has 7 heteroatoms. The third-order valence-electron chi connectivity index (χ3n) is 2.62. The number of nitrogens with one attached hydrogen (secondary N) is 2. The Morgan fingerprint density at radius 1 is 1.14 bits per heavy atom. The van der Waals surface area contributed by atoms with Crippen molar-refractivity contribution in [1.29, 1.82) is 0 Å². The van der Waals surface area contributed by atoms with Crippen molar-refractivity contribution < 1.29 is 9.53 Å². The molecule has 0 unspecified atom stereocenters. The van der Waals surface area contributed by atoms with Crippen molar-refractivity contribution >= 4 is 33.5 Å². The lowest BCUT2D eigenvalue weighted by molar-refractivity contribution is 0.102. The lowest BCUT2D eigenvalue weighted by atomic mass is 10.2. The minimum atomic E-state index is -0.225. The summed E-state index contributed by atoms with van der Waals surface area (Å²) < 4.78 is 5.85. The molecule has 0 bridgehead atoms. The van der Waals surface area contributed by atoms with Crippen LogP contribution in [-0.2, 0) is 4.74 Å². The van der Waals surface area contributed by atoms with Crippen LogP contribution in [0.4, 0.5) is 11.6 Å². The van der Waals surface area contributed by atoms with E-state index in [2.05, 4.69) is 36.8 Å². The van der Waals surface area contributed by atoms with Gasteiger partial charge in [0.2, 0.25) is 0 Å². The molecule has 110 valence electrons. The number of benzene rings is 1. The number of ether oxygens (including phenoxy) is 1. The van der Waals surface area contributed by atoms with Crippen LogP contribution in [0.2, 0.25) is 0 Å². The van der Waals surface area contributed by atoms with Crippen LogP contribution in [0.15, 0.2) is 40.9 Å². The molecule has 0 aliphatic carbocycles. The van der Waals surface area contributed by atoms with Gasteiger partial charge in [0.1, 0.15) is 5.82 Å². The summed E-state index contributed by atoms with van der Waals surface area (Å²) in [6, 6.07) is 10.5. The zero-order chi connectivity index (χ0) is 15.1. The molecule has 2 N–H and O–H groups in total. The summed E-state index contributed by atoms with van der Waals surface area (Å²) in [6.45, 7) is 1.24. The van der Waals surface area contributed by atoms with E-state index in [0.717, 1.165) is 4.47 Å². The second-order valence-electron chi connectivity index (χ2n) is 4.18. The molecule has 1 aromatic heterocycles. The first-order valence-corrected chi connectivity index (χ1v) is 7.12. The normalized spacial score (nSPS) is 10.2. The molecule has 0 aliphatic rings. The molecule has 1 aromatic carbocycles. The third kappa shape index (κ3) is 4.80. The molecule has 0 spiro atoms. The molecule has 0 radical (unpaired) electrons. The number of methoxy groups -OCH3 is 1. The summed E-state index contributed by atoms with van der Waals surface area (Å²) in [5, 5.41) is 13.7. The predicted octanol–water partition coefficient (Wildman–Crippen LogP) is 2.55. The average Bonchev–Trinajstić information content (AvgIpc) is 2.50. The molecule has 21 heavy (non-hydrogen) atoms. The zero-order valence-corrected chi connectivity index (χ0v) is 13.1. The number of carbonyl (C=O) groups is 1. The molecule has 1 heterocycles. The van der Waals surface area contributed by atoms with E-state index in [4.69, 9.17) is 4.74 Å². The van der Waals surface area contributed by atoms with Crippen molar-refractivity contribution in [3.8, 4) is 0 Å². The fraction of sp³-hybridized carbons (Fsp3) is 0.214. The molecule has 2 rings (SSSR count). The second-order valence-corrected chi connectivity index (χ2v) is 5.10. The van der Waals surface area contributed by atoms with Gasteiger partial charge in [-0.15, -0.1) is 10.2 Å². The van der Waals surface area contributed by atoms with E-state index in [-0.39, 0.29) is 5.91 Å². The van der Waals surface area contributed by atoms with Gasteiger partial charge in [-0.25, -0.2) is 0 Å². The van der Waals surface area contributed by atoms with Crippen molar-refractivity contribution in [1.82, 2.24) is 10.2 Å². The van der Waals surface area contributed by atoms with Gasteiger partial charge >= 0.3 is 0 Å². The van der Waals surface area contributed by atoms with Crippen LogP contribution < -0.4 is 10.6 Å². The predicted molar refractivity (Wildman–Crippen MR) is 84.5 cm³/mol. The number of anilines is 2. The Labute approximate surface area is 131 Å². The Morgan fingerprint density at radius 2 is 1.81 bits per heavy atom. The summed E-state index contributed by atoms with van der Waals surface area (Å²) in [5.74, 6) is 0.811. The first kappa shape index (κ1) is 15.4. The van der Waals surface area contributed by atoms with Crippen molar-refractivity contribution in [3.05, 3.63) is 46.4 Å². The van der Waals surface area contributed by atoms with Crippen LogP contribution in [0.5, 0.6) is 0 Å². The van der Waals surface area contributed by atoms with Gasteiger partial charge in [-0.05, 0) is 36.4 Å². The van der Waals surface area contributed by atoms with Gasteiger partial charge < -0.3 is 15.4 Å². The quantitative estimate of drug-likeness (QED) is 0.783. The summed E-state index contributed by atoms with van der Waals surface area (Å²) in [7, 11) is 1.63. The standard InChI is InChI=1S/C14H15BrN4O2/c1-21-9-8-16-12-6-7-13(19-18-12)17-14(20)10-2-4-11(15)5-3-10/h2-7H,8-9H2,1H3,(H,16,18)(H,17,19,20). The lowest BCUT2D eigenvalue weighted by Gasteiger charge is -2.06. The number of nitrogens with zero attached hydrogens (tertiary/aromatic N) is 2. The first-order chi connectivity index (χ1) is 10.2. The van der Waals surface area contributed by atoms with Crippen molar-refractivity contribution in [3.63, 3.8) is 0 Å². The van der Waals surface area contributed by atoms with Gasteiger partial charge in [0.25, 0.3) is 5.91 Å². The Kier molecular flexibility index (Phi) is 5.65. The Bertz CT molecular complexity index is 587. The van der Waals surface area contributed by atoms with E-state index in [9.17, 15) is 4.79 Å². The highest BCUT2D eigenvalue weighted by Crippen LogP contribution is 2.12. The largest absolute Gasteiger partial charge is 0.383 e. The summed E-state index contributed by atoms with van der Waals surface area (Å²) >= 11 is 3.33. The number of hydrogen-bond acceptors (Lipinski definition) is 5. The van der Waals surface area contributed by atoms with Gasteiger partial charge in [0, 0.05) is 23.7 Å². The average molecular weight is 351 g/mol. The minimum absolute atomic E-state index is 0.225. The molecule has 6 nitrogen and oxygen atoms in total. The Hall–Kier alpha value is -1.99. The molecular weight excluding hydrogens is 336 g/mol. The van der Waals surface area contributed by atoms with E-state index in [1.807, 2.05) is 12.1 Å². The summed E-state index contributed by atoms with van der Waals surface area (Å²) in [6.07, 6.45) is 0. The maximum absolute atomic E-state index is 12.0. The highest BCUT2D eigenvalue weighted by Gasteiger charge is 2.07.